The molecule has 0 aromatic carbocycles. The van der Waals surface area contributed by atoms with Crippen molar-refractivity contribution in [3.8, 4) is 0 Å². The lowest BCUT2D eigenvalue weighted by molar-refractivity contribution is 0.0787. The Kier molecular flexibility index (Phi) is 4.52. The minimum Gasteiger partial charge on any atom is -0.348 e. The summed E-state index contributed by atoms with van der Waals surface area (Å²) >= 11 is 1.48. The Morgan fingerprint density at radius 3 is 3.04 bits per heavy atom. The number of nitrogens with zero attached hydrogens (tertiary/aromatic N) is 4. The first-order valence-corrected chi connectivity index (χ1v) is 9.46. The fraction of sp³-hybridized carbons (Fsp3) is 0.333. The van der Waals surface area contributed by atoms with Crippen LogP contribution in [0.1, 0.15) is 35.4 Å². The maximum absolute atomic E-state index is 13.0. The average molecular weight is 368 g/mol. The second-order valence-electron chi connectivity index (χ2n) is 6.48. The average Bonchev–Trinajstić information content (AvgIpc) is 3.30. The zero-order valence-electron chi connectivity index (χ0n) is 14.4. The number of rotatable bonds is 4. The van der Waals surface area contributed by atoms with E-state index in [1.807, 2.05) is 30.5 Å². The molecule has 0 bridgehead atoms. The number of aromatic nitrogens is 3. The van der Waals surface area contributed by atoms with Crippen LogP contribution >= 0.6 is 11.3 Å². The number of fused-ring (bicyclic) bond motifs is 1. The Bertz CT molecular complexity index is 928. The largest absolute Gasteiger partial charge is 0.348 e. The Morgan fingerprint density at radius 2 is 2.31 bits per heavy atom. The van der Waals surface area contributed by atoms with E-state index in [1.165, 1.54) is 11.3 Å². The molecule has 1 aliphatic rings. The number of hydrogen-bond acceptors (Lipinski definition) is 7. The summed E-state index contributed by atoms with van der Waals surface area (Å²) in [7, 11) is 0. The number of thiophene rings is 1. The first-order chi connectivity index (χ1) is 12.6. The smallest absolute Gasteiger partial charge is 0.274 e. The summed E-state index contributed by atoms with van der Waals surface area (Å²) in [6.07, 6.45) is 4.37. The molecule has 2 atom stereocenters. The van der Waals surface area contributed by atoms with Gasteiger partial charge in [0.1, 0.15) is 0 Å². The molecule has 0 saturated carbocycles. The van der Waals surface area contributed by atoms with Crippen LogP contribution in [0.15, 0.2) is 36.0 Å². The van der Waals surface area contributed by atoms with Gasteiger partial charge in [-0.3, -0.25) is 9.78 Å². The molecule has 1 saturated heterocycles. The summed E-state index contributed by atoms with van der Waals surface area (Å²) in [6.45, 7) is 3.26. The minimum atomic E-state index is -0.0788. The second-order valence-corrected chi connectivity index (χ2v) is 7.40. The van der Waals surface area contributed by atoms with E-state index in [-0.39, 0.29) is 18.0 Å². The molecule has 134 valence electrons. The fourth-order valence-corrected chi connectivity index (χ4v) is 3.92. The second kappa shape index (κ2) is 6.97. The van der Waals surface area contributed by atoms with Crippen molar-refractivity contribution in [3.63, 3.8) is 0 Å². The lowest BCUT2D eigenvalue weighted by atomic mass is 10.1. The summed E-state index contributed by atoms with van der Waals surface area (Å²) in [5, 5.41) is 5.21. The van der Waals surface area contributed by atoms with Crippen LogP contribution in [0.4, 0.5) is 5.95 Å². The maximum Gasteiger partial charge on any atom is 0.274 e. The molecule has 1 amide bonds. The summed E-state index contributed by atoms with van der Waals surface area (Å²) in [5.74, 6) is 0.365. The van der Waals surface area contributed by atoms with Crippen LogP contribution in [-0.4, -0.2) is 44.9 Å². The predicted octanol–water partition coefficient (Wildman–Crippen LogP) is 2.43. The van der Waals surface area contributed by atoms with Gasteiger partial charge in [0.2, 0.25) is 5.95 Å². The number of amides is 1. The summed E-state index contributed by atoms with van der Waals surface area (Å²) in [6, 6.07) is 5.81. The summed E-state index contributed by atoms with van der Waals surface area (Å²) in [5.41, 5.74) is 8.20. The van der Waals surface area contributed by atoms with Crippen LogP contribution in [0.5, 0.6) is 0 Å². The molecule has 3 aromatic rings. The molecule has 3 aromatic heterocycles. The summed E-state index contributed by atoms with van der Waals surface area (Å²) in [4.78, 5) is 28.0. The Morgan fingerprint density at radius 1 is 1.42 bits per heavy atom. The van der Waals surface area contributed by atoms with Crippen LogP contribution in [-0.2, 0) is 0 Å². The molecule has 0 radical (unpaired) electrons. The van der Waals surface area contributed by atoms with Gasteiger partial charge in [-0.1, -0.05) is 6.07 Å². The third-order valence-corrected chi connectivity index (χ3v) is 5.46. The number of pyridine rings is 1. The molecule has 0 aliphatic carbocycles. The highest BCUT2D eigenvalue weighted by Crippen LogP contribution is 2.27. The quantitative estimate of drug-likeness (QED) is 0.734. The van der Waals surface area contributed by atoms with Gasteiger partial charge in [0.25, 0.3) is 5.91 Å². The van der Waals surface area contributed by atoms with E-state index in [4.69, 9.17) is 5.73 Å². The summed E-state index contributed by atoms with van der Waals surface area (Å²) < 4.78 is 0.815. The highest BCUT2D eigenvalue weighted by Gasteiger charge is 2.28. The number of likely N-dealkylation sites (tertiary alicyclic amines) is 1. The molecule has 8 heteroatoms. The number of anilines is 1. The van der Waals surface area contributed by atoms with Gasteiger partial charge in [0, 0.05) is 31.5 Å². The van der Waals surface area contributed by atoms with Crippen molar-refractivity contribution in [2.75, 3.05) is 18.4 Å². The van der Waals surface area contributed by atoms with Gasteiger partial charge < -0.3 is 16.0 Å². The molecule has 1 fully saturated rings. The van der Waals surface area contributed by atoms with E-state index >= 15 is 0 Å². The predicted molar refractivity (Wildman–Crippen MR) is 102 cm³/mol. The van der Waals surface area contributed by atoms with Crippen LogP contribution in [0.2, 0.25) is 0 Å². The third-order valence-electron chi connectivity index (χ3n) is 4.55. The van der Waals surface area contributed by atoms with Gasteiger partial charge in [-0.15, -0.1) is 11.3 Å². The van der Waals surface area contributed by atoms with Crippen molar-refractivity contribution in [1.29, 1.82) is 0 Å². The zero-order valence-corrected chi connectivity index (χ0v) is 15.2. The molecule has 0 spiro atoms. The van der Waals surface area contributed by atoms with Gasteiger partial charge in [0.05, 0.1) is 16.3 Å². The molecular formula is C18H20N6OS. The fourth-order valence-electron chi connectivity index (χ4n) is 3.10. The van der Waals surface area contributed by atoms with E-state index in [0.717, 1.165) is 22.2 Å². The number of hydrogen-bond donors (Lipinski definition) is 2. The van der Waals surface area contributed by atoms with E-state index in [1.54, 1.807) is 17.3 Å². The monoisotopic (exact) mass is 368 g/mol. The van der Waals surface area contributed by atoms with E-state index < -0.39 is 0 Å². The van der Waals surface area contributed by atoms with Gasteiger partial charge in [-0.25, -0.2) is 9.97 Å². The first kappa shape index (κ1) is 16.9. The number of carbonyl (C=O) groups excluding carboxylic acids is 1. The van der Waals surface area contributed by atoms with E-state index in [2.05, 4.69) is 20.3 Å². The van der Waals surface area contributed by atoms with Crippen LogP contribution in [0.25, 0.3) is 10.2 Å². The SMILES string of the molecule is CC(Nc1nc(C(=O)N2CC[C@H](N)C2)c2sccc2n1)c1cccnc1. The molecule has 3 N–H and O–H groups in total. The lowest BCUT2D eigenvalue weighted by Gasteiger charge is -2.17. The van der Waals surface area contributed by atoms with E-state index in [0.29, 0.717) is 24.7 Å². The Balaban J connectivity index is 1.65. The van der Waals surface area contributed by atoms with Crippen molar-refractivity contribution in [3.05, 3.63) is 47.2 Å². The first-order valence-electron chi connectivity index (χ1n) is 8.58. The molecule has 7 nitrogen and oxygen atoms in total. The molecular weight excluding hydrogens is 348 g/mol. The van der Waals surface area contributed by atoms with Crippen LogP contribution in [0, 0.1) is 0 Å². The number of carbonyl (C=O) groups is 1. The van der Waals surface area contributed by atoms with E-state index in [9.17, 15) is 4.79 Å². The standard InChI is InChI=1S/C18H20N6OS/c1-11(12-3-2-6-20-9-12)21-18-22-14-5-8-26-16(14)15(23-18)17(25)24-7-4-13(19)10-24/h2-3,5-6,8-9,11,13H,4,7,10,19H2,1H3,(H,21,22,23)/t11?,13-/m0/s1. The van der Waals surface area contributed by atoms with Crippen molar-refractivity contribution in [2.45, 2.75) is 25.4 Å². The van der Waals surface area contributed by atoms with Gasteiger partial charge in [0.15, 0.2) is 5.69 Å². The van der Waals surface area contributed by atoms with Crippen LogP contribution in [0.3, 0.4) is 0 Å². The molecule has 26 heavy (non-hydrogen) atoms. The highest BCUT2D eigenvalue weighted by atomic mass is 32.1. The molecule has 4 heterocycles. The maximum atomic E-state index is 13.0. The Hall–Kier alpha value is -2.58. The molecule has 1 aliphatic heterocycles. The molecule has 4 rings (SSSR count). The lowest BCUT2D eigenvalue weighted by Crippen LogP contribution is -2.32. The van der Waals surface area contributed by atoms with Gasteiger partial charge in [-0.05, 0) is 36.4 Å². The number of nitrogens with one attached hydrogen (secondary N) is 1. The van der Waals surface area contributed by atoms with Gasteiger partial charge >= 0.3 is 0 Å². The minimum absolute atomic E-state index is 0.0250. The highest BCUT2D eigenvalue weighted by molar-refractivity contribution is 7.17. The zero-order chi connectivity index (χ0) is 18.1. The normalized spacial score (nSPS) is 18.2. The Labute approximate surface area is 155 Å². The number of nitrogens with two attached hydrogens (primary N) is 1. The van der Waals surface area contributed by atoms with Gasteiger partial charge in [-0.2, -0.15) is 0 Å². The molecule has 1 unspecified atom stereocenters. The van der Waals surface area contributed by atoms with Crippen molar-refractivity contribution in [2.24, 2.45) is 5.73 Å². The van der Waals surface area contributed by atoms with Crippen molar-refractivity contribution >= 4 is 33.4 Å². The van der Waals surface area contributed by atoms with Crippen molar-refractivity contribution in [1.82, 2.24) is 19.9 Å². The van der Waals surface area contributed by atoms with Crippen molar-refractivity contribution < 1.29 is 4.79 Å². The third kappa shape index (κ3) is 3.25. The van der Waals surface area contributed by atoms with Crippen LogP contribution < -0.4 is 11.1 Å². The topological polar surface area (TPSA) is 97.0 Å².